The van der Waals surface area contributed by atoms with Gasteiger partial charge in [-0.25, -0.2) is 4.79 Å². The number of unbranched alkanes of at least 4 members (excludes halogenated alkanes) is 1. The maximum atomic E-state index is 11.6. The smallest absolute Gasteiger partial charge is 0.331 e. The van der Waals surface area contributed by atoms with Gasteiger partial charge in [-0.1, -0.05) is 67.4 Å². The molecule has 8 nitrogen and oxygen atoms in total. The fraction of sp³-hybridized carbons (Fsp3) is 0.690. The van der Waals surface area contributed by atoms with Crippen LogP contribution in [-0.4, -0.2) is 48.1 Å². The van der Waals surface area contributed by atoms with E-state index in [9.17, 15) is 19.2 Å². The van der Waals surface area contributed by atoms with Crippen LogP contribution in [0.25, 0.3) is 0 Å². The van der Waals surface area contributed by atoms with Crippen LogP contribution in [0.3, 0.4) is 0 Å². The van der Waals surface area contributed by atoms with Gasteiger partial charge in [0.05, 0.1) is 12.2 Å². The molecule has 1 fully saturated rings. The molecule has 37 heavy (non-hydrogen) atoms. The average molecular weight is 525 g/mol. The first-order valence-corrected chi connectivity index (χ1v) is 13.5. The van der Waals surface area contributed by atoms with E-state index in [0.717, 1.165) is 37.8 Å². The Morgan fingerprint density at radius 1 is 1.11 bits per heavy atom. The fourth-order valence-corrected chi connectivity index (χ4v) is 3.10. The molecule has 8 heteroatoms. The number of hydrogen-bond acceptors (Lipinski definition) is 6. The number of amides is 1. The summed E-state index contributed by atoms with van der Waals surface area (Å²) in [4.78, 5) is 46.0. The van der Waals surface area contributed by atoms with Crippen LogP contribution in [0.4, 0.5) is 0 Å². The van der Waals surface area contributed by atoms with Crippen molar-refractivity contribution in [3.05, 3.63) is 24.3 Å². The molecule has 0 bridgehead atoms. The number of rotatable bonds is 10. The summed E-state index contributed by atoms with van der Waals surface area (Å²) in [5.41, 5.74) is 5.30. The van der Waals surface area contributed by atoms with E-state index in [4.69, 9.17) is 15.2 Å². The third-order valence-corrected chi connectivity index (χ3v) is 5.34. The number of amidine groups is 1. The summed E-state index contributed by atoms with van der Waals surface area (Å²) in [6.07, 6.45) is 10.7. The lowest BCUT2D eigenvalue weighted by Gasteiger charge is -2.21. The highest BCUT2D eigenvalue weighted by atomic mass is 16.6. The minimum Gasteiger partial charge on any atom is -0.456 e. The Morgan fingerprint density at radius 2 is 1.68 bits per heavy atom. The van der Waals surface area contributed by atoms with Crippen molar-refractivity contribution in [3.63, 3.8) is 0 Å². The first-order chi connectivity index (χ1) is 17.5. The predicted molar refractivity (Wildman–Crippen MR) is 151 cm³/mol. The second-order valence-corrected chi connectivity index (χ2v) is 8.54. The number of ether oxygens (including phenoxy) is 2. The SMILES string of the molecule is C/C=C\C(N)=NC(=O)CC.CC.CC(=O)C(C)C.CCCCC1OC(C)C(OC(=O)/C=C\C=O)C1CC. The van der Waals surface area contributed by atoms with E-state index >= 15 is 0 Å². The number of carbonyl (C=O) groups is 4. The van der Waals surface area contributed by atoms with Crippen LogP contribution in [0.15, 0.2) is 29.3 Å². The van der Waals surface area contributed by atoms with Gasteiger partial charge in [0.1, 0.15) is 24.0 Å². The lowest BCUT2D eigenvalue weighted by Crippen LogP contribution is -2.31. The highest BCUT2D eigenvalue weighted by molar-refractivity contribution is 5.99. The summed E-state index contributed by atoms with van der Waals surface area (Å²) in [5, 5.41) is 0. The summed E-state index contributed by atoms with van der Waals surface area (Å²) in [6, 6.07) is 0. The van der Waals surface area contributed by atoms with Gasteiger partial charge in [0.15, 0.2) is 0 Å². The summed E-state index contributed by atoms with van der Waals surface area (Å²) < 4.78 is 11.3. The number of nitrogens with two attached hydrogens (primary N) is 1. The summed E-state index contributed by atoms with van der Waals surface area (Å²) in [5.74, 6) is 0.335. The highest BCUT2D eigenvalue weighted by Crippen LogP contribution is 2.34. The van der Waals surface area contributed by atoms with E-state index < -0.39 is 5.97 Å². The van der Waals surface area contributed by atoms with Gasteiger partial charge in [0, 0.05) is 24.3 Å². The molecule has 214 valence electrons. The topological polar surface area (TPSA) is 125 Å². The monoisotopic (exact) mass is 524 g/mol. The zero-order chi connectivity index (χ0) is 29.4. The van der Waals surface area contributed by atoms with E-state index in [1.54, 1.807) is 26.0 Å². The van der Waals surface area contributed by atoms with E-state index in [0.29, 0.717) is 12.7 Å². The van der Waals surface area contributed by atoms with Crippen molar-refractivity contribution in [1.82, 2.24) is 0 Å². The zero-order valence-electron chi connectivity index (χ0n) is 24.8. The van der Waals surface area contributed by atoms with Gasteiger partial charge in [0.25, 0.3) is 0 Å². The normalized spacial score (nSPS) is 20.8. The number of hydrogen-bond donors (Lipinski definition) is 1. The van der Waals surface area contributed by atoms with Crippen LogP contribution in [0.1, 0.15) is 101 Å². The number of allylic oxidation sites excluding steroid dienone is 2. The lowest BCUT2D eigenvalue weighted by molar-refractivity contribution is -0.147. The van der Waals surface area contributed by atoms with Gasteiger partial charge < -0.3 is 15.2 Å². The lowest BCUT2D eigenvalue weighted by atomic mass is 9.91. The van der Waals surface area contributed by atoms with Crippen LogP contribution in [0, 0.1) is 11.8 Å². The van der Waals surface area contributed by atoms with Crippen LogP contribution >= 0.6 is 0 Å². The zero-order valence-corrected chi connectivity index (χ0v) is 24.8. The molecule has 0 saturated carbocycles. The Balaban J connectivity index is -0.000000537. The third kappa shape index (κ3) is 20.2. The molecule has 2 N–H and O–H groups in total. The molecule has 1 rings (SSSR count). The molecule has 0 radical (unpaired) electrons. The number of aliphatic imine (C=N–C) groups is 1. The van der Waals surface area contributed by atoms with E-state index in [1.165, 1.54) is 0 Å². The largest absolute Gasteiger partial charge is 0.456 e. The van der Waals surface area contributed by atoms with Gasteiger partial charge in [-0.05, 0) is 45.8 Å². The third-order valence-electron chi connectivity index (χ3n) is 5.34. The molecular weight excluding hydrogens is 472 g/mol. The summed E-state index contributed by atoms with van der Waals surface area (Å²) in [6.45, 7) is 19.1. The number of esters is 1. The first-order valence-electron chi connectivity index (χ1n) is 13.5. The Bertz CT molecular complexity index is 728. The molecule has 1 saturated heterocycles. The second kappa shape index (κ2) is 25.1. The second-order valence-electron chi connectivity index (χ2n) is 8.54. The number of ketones is 1. The summed E-state index contributed by atoms with van der Waals surface area (Å²) in [7, 11) is 0. The minimum atomic E-state index is -0.470. The van der Waals surface area contributed by atoms with E-state index in [2.05, 4.69) is 18.8 Å². The molecule has 1 aliphatic heterocycles. The fourth-order valence-electron chi connectivity index (χ4n) is 3.10. The molecule has 0 aromatic carbocycles. The molecule has 0 aromatic rings. The van der Waals surface area contributed by atoms with Crippen LogP contribution in [0.2, 0.25) is 0 Å². The Labute approximate surface area is 225 Å². The molecule has 1 heterocycles. The van der Waals surface area contributed by atoms with Gasteiger partial charge in [-0.15, -0.1) is 0 Å². The van der Waals surface area contributed by atoms with Crippen molar-refractivity contribution in [1.29, 1.82) is 0 Å². The maximum Gasteiger partial charge on any atom is 0.331 e. The number of aldehydes is 1. The maximum absolute atomic E-state index is 11.6. The van der Waals surface area contributed by atoms with Crippen molar-refractivity contribution >= 4 is 29.8 Å². The standard InChI is InChI=1S/C15H24O4.C7H12N2O.C5H10O.C2H6/c1-4-6-8-13-12(5-2)15(11(3)18-13)19-14(17)9-7-10-16;1-3-5-6(8)9-7(10)4-2;1-4(2)5(3)6;1-2/h7,9-13,15H,4-6,8H2,1-3H3;3,5H,4H2,1-2H3,(H2,8,9,10);4H,1-3H3;1-2H3/b9-7-;5-3-;;. The van der Waals surface area contributed by atoms with Crippen molar-refractivity contribution in [2.75, 3.05) is 0 Å². The molecule has 1 aliphatic rings. The number of Topliss-reactive ketones (excluding diaryl/α,β-unsaturated/α-hetero) is 1. The number of carbonyl (C=O) groups excluding carboxylic acids is 4. The molecule has 0 aliphatic carbocycles. The molecule has 1 amide bonds. The Morgan fingerprint density at radius 3 is 2.08 bits per heavy atom. The molecule has 4 unspecified atom stereocenters. The van der Waals surface area contributed by atoms with Gasteiger partial charge in [0.2, 0.25) is 5.91 Å². The van der Waals surface area contributed by atoms with Gasteiger partial charge >= 0.3 is 5.97 Å². The van der Waals surface area contributed by atoms with Crippen LogP contribution in [0.5, 0.6) is 0 Å². The van der Waals surface area contributed by atoms with E-state index in [-0.39, 0.29) is 47.7 Å². The quantitative estimate of drug-likeness (QED) is 0.126. The molecule has 0 spiro atoms. The van der Waals surface area contributed by atoms with Crippen molar-refractivity contribution in [2.24, 2.45) is 22.6 Å². The average Bonchev–Trinajstić information content (AvgIpc) is 3.16. The van der Waals surface area contributed by atoms with Crippen molar-refractivity contribution < 1.29 is 28.7 Å². The Kier molecular flexibility index (Phi) is 26.4. The van der Waals surface area contributed by atoms with Gasteiger partial charge in [-0.2, -0.15) is 4.99 Å². The molecular formula is C29H52N2O6. The predicted octanol–water partition coefficient (Wildman–Crippen LogP) is 5.77. The summed E-state index contributed by atoms with van der Waals surface area (Å²) >= 11 is 0. The van der Waals surface area contributed by atoms with Crippen LogP contribution < -0.4 is 5.73 Å². The highest BCUT2D eigenvalue weighted by Gasteiger charge is 2.42. The van der Waals surface area contributed by atoms with Crippen molar-refractivity contribution in [3.8, 4) is 0 Å². The molecule has 4 atom stereocenters. The molecule has 0 aromatic heterocycles. The first kappa shape index (κ1) is 38.9. The van der Waals surface area contributed by atoms with Crippen LogP contribution in [-0.2, 0) is 28.7 Å². The number of nitrogens with zero attached hydrogens (tertiary/aromatic N) is 1. The van der Waals surface area contributed by atoms with E-state index in [1.807, 2.05) is 41.5 Å². The van der Waals surface area contributed by atoms with Gasteiger partial charge in [-0.3, -0.25) is 14.4 Å². The minimum absolute atomic E-state index is 0.0830. The Hall–Kier alpha value is -2.61. The van der Waals surface area contributed by atoms with Crippen molar-refractivity contribution in [2.45, 2.75) is 120 Å².